The van der Waals surface area contributed by atoms with Crippen LogP contribution >= 0.6 is 0 Å². The quantitative estimate of drug-likeness (QED) is 0.279. The second-order valence-electron chi connectivity index (χ2n) is 7.04. The lowest BCUT2D eigenvalue weighted by atomic mass is 10.1. The van der Waals surface area contributed by atoms with Gasteiger partial charge in [-0.1, -0.05) is 39.5 Å². The zero-order valence-electron chi connectivity index (χ0n) is 17.3. The van der Waals surface area contributed by atoms with Crippen molar-refractivity contribution in [2.75, 3.05) is 6.61 Å². The number of carbonyl (C=O) groups is 1. The van der Waals surface area contributed by atoms with Crippen molar-refractivity contribution in [1.29, 1.82) is 0 Å². The van der Waals surface area contributed by atoms with E-state index in [-0.39, 0.29) is 5.97 Å². The summed E-state index contributed by atoms with van der Waals surface area (Å²) >= 11 is 0. The van der Waals surface area contributed by atoms with Gasteiger partial charge in [-0.05, 0) is 56.0 Å². The number of nitrogens with zero attached hydrogens (tertiary/aromatic N) is 2. The first kappa shape index (κ1) is 22.0. The third-order valence-corrected chi connectivity index (χ3v) is 4.55. The van der Waals surface area contributed by atoms with E-state index in [4.69, 9.17) is 9.47 Å². The van der Waals surface area contributed by atoms with Crippen molar-refractivity contribution in [1.82, 2.24) is 9.97 Å². The minimum Gasteiger partial charge on any atom is -0.425 e. The van der Waals surface area contributed by atoms with Crippen molar-refractivity contribution in [3.63, 3.8) is 0 Å². The van der Waals surface area contributed by atoms with Crippen LogP contribution in [0.5, 0.6) is 5.75 Å². The van der Waals surface area contributed by atoms with Crippen LogP contribution in [0, 0.1) is 0 Å². The molecule has 2 aromatic rings. The molecule has 152 valence electrons. The largest absolute Gasteiger partial charge is 0.425 e. The van der Waals surface area contributed by atoms with Gasteiger partial charge in [0.05, 0.1) is 0 Å². The zero-order chi connectivity index (χ0) is 20.2. The van der Waals surface area contributed by atoms with Crippen LogP contribution in [0.15, 0.2) is 36.7 Å². The predicted octanol–water partition coefficient (Wildman–Crippen LogP) is 5.38. The molecule has 0 amide bonds. The van der Waals surface area contributed by atoms with Crippen molar-refractivity contribution in [3.8, 4) is 17.1 Å². The molecule has 5 heteroatoms. The molecule has 0 saturated heterocycles. The highest BCUT2D eigenvalue weighted by atomic mass is 16.6. The van der Waals surface area contributed by atoms with Crippen LogP contribution in [0.3, 0.4) is 0 Å². The predicted molar refractivity (Wildman–Crippen MR) is 111 cm³/mol. The Morgan fingerprint density at radius 3 is 2.25 bits per heavy atom. The maximum Gasteiger partial charge on any atom is 0.340 e. The van der Waals surface area contributed by atoms with Crippen LogP contribution in [0.4, 0.5) is 0 Å². The molecule has 1 aromatic carbocycles. The summed E-state index contributed by atoms with van der Waals surface area (Å²) in [5, 5.41) is 0. The standard InChI is InChI=1S/C23H32N2O3/c1-4-6-8-10-19-16-24-22(25-17-19)20-11-13-21(14-12-20)28-23(26)18(3)27-15-9-7-5-2/h11-14,16-18H,4-10,15H2,1-3H3. The second kappa shape index (κ2) is 12.2. The summed E-state index contributed by atoms with van der Waals surface area (Å²) in [5.41, 5.74) is 2.06. The third-order valence-electron chi connectivity index (χ3n) is 4.55. The lowest BCUT2D eigenvalue weighted by molar-refractivity contribution is -0.146. The lowest BCUT2D eigenvalue weighted by Gasteiger charge is -2.12. The van der Waals surface area contributed by atoms with E-state index in [1.54, 1.807) is 19.1 Å². The van der Waals surface area contributed by atoms with Crippen molar-refractivity contribution in [2.24, 2.45) is 0 Å². The number of unbranched alkanes of at least 4 members (excludes halogenated alkanes) is 4. The molecule has 0 saturated carbocycles. The monoisotopic (exact) mass is 384 g/mol. The summed E-state index contributed by atoms with van der Waals surface area (Å²) in [6.07, 6.45) is 11.0. The molecule has 1 heterocycles. The summed E-state index contributed by atoms with van der Waals surface area (Å²) in [5.74, 6) is 0.788. The van der Waals surface area contributed by atoms with Gasteiger partial charge in [0.25, 0.3) is 0 Å². The fourth-order valence-corrected chi connectivity index (χ4v) is 2.76. The van der Waals surface area contributed by atoms with Gasteiger partial charge in [-0.15, -0.1) is 0 Å². The summed E-state index contributed by atoms with van der Waals surface area (Å²) < 4.78 is 10.9. The average Bonchev–Trinajstić information content (AvgIpc) is 2.72. The Bertz CT molecular complexity index is 699. The lowest BCUT2D eigenvalue weighted by Crippen LogP contribution is -2.26. The first-order valence-corrected chi connectivity index (χ1v) is 10.4. The second-order valence-corrected chi connectivity index (χ2v) is 7.04. The van der Waals surface area contributed by atoms with Gasteiger partial charge >= 0.3 is 5.97 Å². The number of benzene rings is 1. The van der Waals surface area contributed by atoms with Gasteiger partial charge in [-0.25, -0.2) is 14.8 Å². The minimum absolute atomic E-state index is 0.378. The van der Waals surface area contributed by atoms with Gasteiger partial charge in [-0.2, -0.15) is 0 Å². The van der Waals surface area contributed by atoms with Crippen LogP contribution in [0.1, 0.15) is 64.9 Å². The van der Waals surface area contributed by atoms with Crippen LogP contribution < -0.4 is 4.74 Å². The van der Waals surface area contributed by atoms with Crippen molar-refractivity contribution in [2.45, 2.75) is 71.8 Å². The number of aryl methyl sites for hydroxylation is 1. The molecule has 0 aliphatic carbocycles. The van der Waals surface area contributed by atoms with Crippen LogP contribution in [0.25, 0.3) is 11.4 Å². The molecule has 1 unspecified atom stereocenters. The Labute approximate surface area is 168 Å². The van der Waals surface area contributed by atoms with Gasteiger partial charge in [0.2, 0.25) is 0 Å². The van der Waals surface area contributed by atoms with Crippen LogP contribution in [0.2, 0.25) is 0 Å². The molecule has 0 N–H and O–H groups in total. The molecule has 0 fully saturated rings. The smallest absolute Gasteiger partial charge is 0.340 e. The molecule has 0 aliphatic rings. The van der Waals surface area contributed by atoms with E-state index < -0.39 is 6.10 Å². The molecule has 2 rings (SSSR count). The molecule has 0 radical (unpaired) electrons. The molecule has 0 aliphatic heterocycles. The minimum atomic E-state index is -0.569. The number of rotatable bonds is 12. The molecule has 0 spiro atoms. The Balaban J connectivity index is 1.86. The topological polar surface area (TPSA) is 61.3 Å². The Morgan fingerprint density at radius 1 is 0.964 bits per heavy atom. The van der Waals surface area contributed by atoms with Gasteiger partial charge in [-0.3, -0.25) is 0 Å². The first-order valence-electron chi connectivity index (χ1n) is 10.4. The van der Waals surface area contributed by atoms with Gasteiger partial charge < -0.3 is 9.47 Å². The molecule has 28 heavy (non-hydrogen) atoms. The number of ether oxygens (including phenoxy) is 2. The molecule has 5 nitrogen and oxygen atoms in total. The summed E-state index contributed by atoms with van der Waals surface area (Å²) in [7, 11) is 0. The highest BCUT2D eigenvalue weighted by Crippen LogP contribution is 2.20. The molecular formula is C23H32N2O3. The fourth-order valence-electron chi connectivity index (χ4n) is 2.76. The molecule has 1 aromatic heterocycles. The molecule has 1 atom stereocenters. The van der Waals surface area contributed by atoms with E-state index in [2.05, 4.69) is 23.8 Å². The molecule has 0 bridgehead atoms. The van der Waals surface area contributed by atoms with E-state index in [1.807, 2.05) is 24.5 Å². The van der Waals surface area contributed by atoms with E-state index in [0.29, 0.717) is 18.2 Å². The highest BCUT2D eigenvalue weighted by molar-refractivity contribution is 5.77. The molecular weight excluding hydrogens is 352 g/mol. The number of hydrogen-bond donors (Lipinski definition) is 0. The van der Waals surface area contributed by atoms with E-state index in [9.17, 15) is 4.79 Å². The summed E-state index contributed by atoms with van der Waals surface area (Å²) in [6, 6.07) is 7.24. The maximum absolute atomic E-state index is 12.1. The number of hydrogen-bond acceptors (Lipinski definition) is 5. The van der Waals surface area contributed by atoms with Gasteiger partial charge in [0.15, 0.2) is 11.9 Å². The van der Waals surface area contributed by atoms with Gasteiger partial charge in [0, 0.05) is 24.6 Å². The van der Waals surface area contributed by atoms with Crippen molar-refractivity contribution in [3.05, 3.63) is 42.2 Å². The van der Waals surface area contributed by atoms with E-state index in [0.717, 1.165) is 36.8 Å². The van der Waals surface area contributed by atoms with E-state index >= 15 is 0 Å². The highest BCUT2D eigenvalue weighted by Gasteiger charge is 2.16. The van der Waals surface area contributed by atoms with Crippen molar-refractivity contribution < 1.29 is 14.3 Å². The third kappa shape index (κ3) is 7.39. The number of esters is 1. The zero-order valence-corrected chi connectivity index (χ0v) is 17.3. The SMILES string of the molecule is CCCCCOC(C)C(=O)Oc1ccc(-c2ncc(CCCCC)cn2)cc1. The fraction of sp³-hybridized carbons (Fsp3) is 0.522. The summed E-state index contributed by atoms with van der Waals surface area (Å²) in [4.78, 5) is 21.0. The Morgan fingerprint density at radius 2 is 1.61 bits per heavy atom. The first-order chi connectivity index (χ1) is 13.6. The Hall–Kier alpha value is -2.27. The number of carbonyl (C=O) groups excluding carboxylic acids is 1. The normalized spacial score (nSPS) is 12.0. The van der Waals surface area contributed by atoms with Crippen molar-refractivity contribution >= 4 is 5.97 Å². The van der Waals surface area contributed by atoms with Crippen LogP contribution in [-0.2, 0) is 16.0 Å². The maximum atomic E-state index is 12.1. The summed E-state index contributed by atoms with van der Waals surface area (Å²) in [6.45, 7) is 6.63. The number of aromatic nitrogens is 2. The van der Waals surface area contributed by atoms with E-state index in [1.165, 1.54) is 19.3 Å². The average molecular weight is 385 g/mol. The Kier molecular flexibility index (Phi) is 9.63. The van der Waals surface area contributed by atoms with Gasteiger partial charge in [0.1, 0.15) is 5.75 Å². The van der Waals surface area contributed by atoms with Crippen LogP contribution in [-0.4, -0.2) is 28.6 Å².